The van der Waals surface area contributed by atoms with Gasteiger partial charge in [-0.05, 0) is 55.3 Å². The van der Waals surface area contributed by atoms with Gasteiger partial charge in [0.25, 0.3) is 5.56 Å². The normalized spacial score (nSPS) is 12.6. The molecule has 1 atom stereocenters. The molecule has 2 heterocycles. The highest BCUT2D eigenvalue weighted by molar-refractivity contribution is 9.10. The Morgan fingerprint density at radius 2 is 2.19 bits per heavy atom. The second-order valence-electron chi connectivity index (χ2n) is 5.38. The van der Waals surface area contributed by atoms with E-state index in [0.29, 0.717) is 4.47 Å². The van der Waals surface area contributed by atoms with Crippen LogP contribution in [-0.2, 0) is 6.42 Å². The third-order valence-electron chi connectivity index (χ3n) is 3.24. The van der Waals surface area contributed by atoms with Crippen molar-refractivity contribution < 1.29 is 4.42 Å². The highest BCUT2D eigenvalue weighted by atomic mass is 79.9. The molecule has 2 aromatic rings. The van der Waals surface area contributed by atoms with Crippen LogP contribution in [0.2, 0.25) is 0 Å². The third-order valence-corrected chi connectivity index (χ3v) is 4.00. The van der Waals surface area contributed by atoms with Crippen molar-refractivity contribution in [2.45, 2.75) is 45.7 Å². The van der Waals surface area contributed by atoms with Crippen molar-refractivity contribution in [3.63, 3.8) is 0 Å². The minimum atomic E-state index is -0.117. The van der Waals surface area contributed by atoms with Gasteiger partial charge in [0, 0.05) is 12.5 Å². The molecule has 21 heavy (non-hydrogen) atoms. The molecule has 1 N–H and O–H groups in total. The summed E-state index contributed by atoms with van der Waals surface area (Å²) >= 11 is 3.36. The lowest BCUT2D eigenvalue weighted by Gasteiger charge is -2.17. The molecule has 0 aliphatic carbocycles. The molecule has 0 radical (unpaired) electrons. The molecule has 2 aromatic heterocycles. The van der Waals surface area contributed by atoms with Crippen LogP contribution in [0.3, 0.4) is 0 Å². The van der Waals surface area contributed by atoms with Gasteiger partial charge < -0.3 is 9.73 Å². The summed E-state index contributed by atoms with van der Waals surface area (Å²) in [6, 6.07) is 4.11. The fourth-order valence-corrected chi connectivity index (χ4v) is 2.46. The van der Waals surface area contributed by atoms with Crippen LogP contribution in [0.15, 0.2) is 38.3 Å². The van der Waals surface area contributed by atoms with E-state index >= 15 is 0 Å². The van der Waals surface area contributed by atoms with Crippen LogP contribution >= 0.6 is 15.9 Å². The number of furan rings is 1. The predicted molar refractivity (Wildman–Crippen MR) is 86.7 cm³/mol. The maximum Gasteiger partial charge on any atom is 0.283 e. The average Bonchev–Trinajstić information content (AvgIpc) is 2.94. The number of rotatable bonds is 6. The number of halogens is 1. The van der Waals surface area contributed by atoms with Gasteiger partial charge in [0.15, 0.2) is 0 Å². The van der Waals surface area contributed by atoms with Gasteiger partial charge in [-0.25, -0.2) is 4.68 Å². The lowest BCUT2D eigenvalue weighted by Crippen LogP contribution is -2.27. The minimum Gasteiger partial charge on any atom is -0.469 e. The number of anilines is 1. The Labute approximate surface area is 132 Å². The summed E-state index contributed by atoms with van der Waals surface area (Å²) in [7, 11) is 0. The summed E-state index contributed by atoms with van der Waals surface area (Å²) in [5.74, 6) is 0.969. The number of hydrogen-bond donors (Lipinski definition) is 1. The van der Waals surface area contributed by atoms with E-state index < -0.39 is 0 Å². The molecule has 5 nitrogen and oxygen atoms in total. The average molecular weight is 354 g/mol. The van der Waals surface area contributed by atoms with Crippen molar-refractivity contribution in [2.24, 2.45) is 0 Å². The third kappa shape index (κ3) is 3.97. The predicted octanol–water partition coefficient (Wildman–Crippen LogP) is 3.61. The van der Waals surface area contributed by atoms with Gasteiger partial charge in [-0.3, -0.25) is 4.79 Å². The molecular weight excluding hydrogens is 334 g/mol. The van der Waals surface area contributed by atoms with Crippen molar-refractivity contribution >= 4 is 21.6 Å². The van der Waals surface area contributed by atoms with Gasteiger partial charge in [0.2, 0.25) is 0 Å². The smallest absolute Gasteiger partial charge is 0.283 e. The zero-order chi connectivity index (χ0) is 15.4. The van der Waals surface area contributed by atoms with Crippen LogP contribution in [0.5, 0.6) is 0 Å². The van der Waals surface area contributed by atoms with Gasteiger partial charge >= 0.3 is 0 Å². The van der Waals surface area contributed by atoms with Crippen LogP contribution in [-0.4, -0.2) is 15.8 Å². The molecule has 0 saturated carbocycles. The molecule has 0 amide bonds. The summed E-state index contributed by atoms with van der Waals surface area (Å²) in [5, 5.41) is 7.51. The molecule has 0 bridgehead atoms. The van der Waals surface area contributed by atoms with Gasteiger partial charge in [-0.1, -0.05) is 0 Å². The molecule has 114 valence electrons. The van der Waals surface area contributed by atoms with E-state index in [9.17, 15) is 4.79 Å². The highest BCUT2D eigenvalue weighted by Gasteiger charge is 2.13. The van der Waals surface area contributed by atoms with Crippen molar-refractivity contribution in [1.82, 2.24) is 9.78 Å². The molecular formula is C15H20BrN3O2. The van der Waals surface area contributed by atoms with Gasteiger partial charge in [0.1, 0.15) is 10.2 Å². The van der Waals surface area contributed by atoms with E-state index in [0.717, 1.165) is 24.3 Å². The van der Waals surface area contributed by atoms with Crippen molar-refractivity contribution in [2.75, 3.05) is 5.32 Å². The second-order valence-corrected chi connectivity index (χ2v) is 6.17. The van der Waals surface area contributed by atoms with E-state index in [4.69, 9.17) is 4.42 Å². The summed E-state index contributed by atoms with van der Waals surface area (Å²) in [6.45, 7) is 5.93. The molecule has 0 aliphatic rings. The van der Waals surface area contributed by atoms with E-state index in [1.54, 1.807) is 12.5 Å². The van der Waals surface area contributed by atoms with Crippen LogP contribution in [0.1, 0.15) is 39.0 Å². The quantitative estimate of drug-likeness (QED) is 0.861. The van der Waals surface area contributed by atoms with E-state index in [2.05, 4.69) is 33.3 Å². The summed E-state index contributed by atoms with van der Waals surface area (Å²) in [4.78, 5) is 12.2. The van der Waals surface area contributed by atoms with Gasteiger partial charge in [-0.2, -0.15) is 5.10 Å². The first-order chi connectivity index (χ1) is 9.99. The first-order valence-electron chi connectivity index (χ1n) is 7.05. The lowest BCUT2D eigenvalue weighted by molar-refractivity contribution is 0.493. The maximum atomic E-state index is 12.2. The Kier molecular flexibility index (Phi) is 5.22. The van der Waals surface area contributed by atoms with Crippen molar-refractivity contribution in [3.8, 4) is 0 Å². The standard InChI is InChI=1S/C15H20BrN3O2/c1-10(2)19-15(20)14(16)13(9-17-19)18-11(3)6-7-12-5-4-8-21-12/h4-5,8-11,18H,6-7H2,1-3H3. The second kappa shape index (κ2) is 6.93. The topological polar surface area (TPSA) is 60.1 Å². The number of aromatic nitrogens is 2. The molecule has 2 rings (SSSR count). The zero-order valence-electron chi connectivity index (χ0n) is 12.5. The lowest BCUT2D eigenvalue weighted by atomic mass is 10.1. The maximum absolute atomic E-state index is 12.2. The fraction of sp³-hybridized carbons (Fsp3) is 0.467. The van der Waals surface area contributed by atoms with Gasteiger partial charge in [0.05, 0.1) is 24.2 Å². The summed E-state index contributed by atoms with van der Waals surface area (Å²) < 4.78 is 7.30. The number of nitrogens with one attached hydrogen (secondary N) is 1. The van der Waals surface area contributed by atoms with E-state index in [1.165, 1.54) is 4.68 Å². The van der Waals surface area contributed by atoms with E-state index in [1.807, 2.05) is 26.0 Å². The number of nitrogens with zero attached hydrogens (tertiary/aromatic N) is 2. The number of hydrogen-bond acceptors (Lipinski definition) is 4. The van der Waals surface area contributed by atoms with Crippen molar-refractivity contribution in [1.29, 1.82) is 0 Å². The van der Waals surface area contributed by atoms with Crippen LogP contribution in [0.4, 0.5) is 5.69 Å². The Hall–Kier alpha value is -1.56. The Balaban J connectivity index is 2.02. The fourth-order valence-electron chi connectivity index (χ4n) is 2.06. The Bertz CT molecular complexity index is 635. The summed E-state index contributed by atoms with van der Waals surface area (Å²) in [6.07, 6.45) is 5.14. The zero-order valence-corrected chi connectivity index (χ0v) is 14.1. The van der Waals surface area contributed by atoms with E-state index in [-0.39, 0.29) is 17.6 Å². The molecule has 0 fully saturated rings. The monoisotopic (exact) mass is 353 g/mol. The first-order valence-corrected chi connectivity index (χ1v) is 7.84. The van der Waals surface area contributed by atoms with Crippen LogP contribution in [0.25, 0.3) is 0 Å². The largest absolute Gasteiger partial charge is 0.469 e. The van der Waals surface area contributed by atoms with Crippen LogP contribution < -0.4 is 10.9 Å². The molecule has 6 heteroatoms. The molecule has 0 aliphatic heterocycles. The van der Waals surface area contributed by atoms with Gasteiger partial charge in [-0.15, -0.1) is 0 Å². The molecule has 1 unspecified atom stereocenters. The highest BCUT2D eigenvalue weighted by Crippen LogP contribution is 2.19. The Morgan fingerprint density at radius 3 is 2.81 bits per heavy atom. The first kappa shape index (κ1) is 15.8. The Morgan fingerprint density at radius 1 is 1.43 bits per heavy atom. The minimum absolute atomic E-state index is 0.0410. The van der Waals surface area contributed by atoms with Crippen molar-refractivity contribution in [3.05, 3.63) is 45.2 Å². The van der Waals surface area contributed by atoms with Crippen LogP contribution in [0, 0.1) is 0 Å². The molecule has 0 saturated heterocycles. The summed E-state index contributed by atoms with van der Waals surface area (Å²) in [5.41, 5.74) is 0.608. The SMILES string of the molecule is CC(CCc1ccco1)Nc1cnn(C(C)C)c(=O)c1Br. The molecule has 0 spiro atoms. The number of aryl methyl sites for hydroxylation is 1. The molecule has 0 aromatic carbocycles.